The molecule has 0 atom stereocenters. The number of ether oxygens (including phenoxy) is 8. The van der Waals surface area contributed by atoms with E-state index in [9.17, 15) is 9.59 Å². The lowest BCUT2D eigenvalue weighted by Gasteiger charge is -2.17. The molecule has 0 bridgehead atoms. The lowest BCUT2D eigenvalue weighted by molar-refractivity contribution is 0.306. The molecular weight excluding hydrogens is 504 g/mol. The third kappa shape index (κ3) is 4.80. The molecule has 0 aliphatic rings. The Morgan fingerprint density at radius 1 is 0.395 bits per heavy atom. The summed E-state index contributed by atoms with van der Waals surface area (Å²) in [6, 6.07) is 5.78. The summed E-state index contributed by atoms with van der Waals surface area (Å²) in [4.78, 5) is 22.7. The molecule has 2 heterocycles. The van der Waals surface area contributed by atoms with Crippen molar-refractivity contribution in [2.45, 2.75) is 0 Å². The van der Waals surface area contributed by atoms with Gasteiger partial charge in [-0.25, -0.2) is 9.59 Å². The van der Waals surface area contributed by atoms with Gasteiger partial charge in [0, 0.05) is 12.1 Å². The molecule has 0 N–H and O–H groups in total. The fraction of sp³-hybridized carbons (Fsp3) is 0.308. The molecule has 0 saturated heterocycles. The first-order chi connectivity index (χ1) is 18.3. The quantitative estimate of drug-likeness (QED) is 0.307. The lowest BCUT2D eigenvalue weighted by Crippen LogP contribution is -2.02. The van der Waals surface area contributed by atoms with E-state index in [1.54, 1.807) is 12.1 Å². The number of hydrogen-bond acceptors (Lipinski definition) is 12. The van der Waals surface area contributed by atoms with Crippen LogP contribution in [0.15, 0.2) is 42.7 Å². The average Bonchev–Trinajstić information content (AvgIpc) is 2.94. The lowest BCUT2D eigenvalue weighted by atomic mass is 10.1. The summed E-state index contributed by atoms with van der Waals surface area (Å²) in [7, 11) is 11.8. The zero-order chi connectivity index (χ0) is 28.0. The van der Waals surface area contributed by atoms with E-state index in [2.05, 4.69) is 0 Å². The maximum Gasteiger partial charge on any atom is 0.336 e. The van der Waals surface area contributed by atoms with Crippen LogP contribution in [0.1, 0.15) is 0 Å². The molecule has 38 heavy (non-hydrogen) atoms. The minimum atomic E-state index is -0.486. The van der Waals surface area contributed by atoms with Crippen LogP contribution in [0.3, 0.4) is 0 Å². The molecule has 0 amide bonds. The maximum atomic E-state index is 11.4. The Kier molecular flexibility index (Phi) is 8.79. The Hall–Kier alpha value is -4.74. The van der Waals surface area contributed by atoms with Crippen molar-refractivity contribution in [3.63, 3.8) is 0 Å². The number of hydrogen-bond donors (Lipinski definition) is 0. The van der Waals surface area contributed by atoms with Gasteiger partial charge in [-0.1, -0.05) is 0 Å². The van der Waals surface area contributed by atoms with Gasteiger partial charge in [-0.15, -0.1) is 0 Å². The molecule has 0 fully saturated rings. The van der Waals surface area contributed by atoms with Crippen molar-refractivity contribution in [1.82, 2.24) is 0 Å². The smallest absolute Gasteiger partial charge is 0.336 e. The summed E-state index contributed by atoms with van der Waals surface area (Å²) < 4.78 is 52.6. The summed E-state index contributed by atoms with van der Waals surface area (Å²) in [5.41, 5.74) is -0.464. The third-order valence-electron chi connectivity index (χ3n) is 5.44. The van der Waals surface area contributed by atoms with Crippen LogP contribution in [0, 0.1) is 0 Å². The minimum absolute atomic E-state index is 0.254. The Morgan fingerprint density at radius 3 is 0.921 bits per heavy atom. The van der Waals surface area contributed by atoms with Crippen molar-refractivity contribution in [1.29, 1.82) is 0 Å². The highest BCUT2D eigenvalue weighted by molar-refractivity contribution is 5.95. The first-order valence-corrected chi connectivity index (χ1v) is 10.9. The van der Waals surface area contributed by atoms with E-state index in [1.165, 1.54) is 69.0 Å². The molecule has 4 rings (SSSR count). The van der Waals surface area contributed by atoms with E-state index in [1.807, 2.05) is 0 Å². The first-order valence-electron chi connectivity index (χ1n) is 10.9. The number of benzene rings is 2. The molecule has 0 spiro atoms. The SMILES string of the molecule is COc1c(OC)c(OC)c2oc(=O)ccc2c1OC.COc1c(OC)c(OC)c2oc(=O)ccc2c1OC. The molecule has 2 aromatic heterocycles. The van der Waals surface area contributed by atoms with Gasteiger partial charge in [0.2, 0.25) is 34.5 Å². The minimum Gasteiger partial charge on any atom is -0.492 e. The molecule has 12 nitrogen and oxygen atoms in total. The van der Waals surface area contributed by atoms with Crippen LogP contribution in [-0.4, -0.2) is 56.9 Å². The van der Waals surface area contributed by atoms with Crippen molar-refractivity contribution >= 4 is 21.9 Å². The number of rotatable bonds is 8. The van der Waals surface area contributed by atoms with E-state index < -0.39 is 11.3 Å². The largest absolute Gasteiger partial charge is 0.492 e. The zero-order valence-corrected chi connectivity index (χ0v) is 22.2. The van der Waals surface area contributed by atoms with Gasteiger partial charge in [0.1, 0.15) is 0 Å². The van der Waals surface area contributed by atoms with Crippen LogP contribution in [0.4, 0.5) is 0 Å². The molecule has 0 aliphatic heterocycles. The van der Waals surface area contributed by atoms with Crippen molar-refractivity contribution in [3.8, 4) is 46.0 Å². The second kappa shape index (κ2) is 12.0. The summed E-state index contributed by atoms with van der Waals surface area (Å²) in [5, 5.41) is 1.13. The molecule has 4 aromatic rings. The zero-order valence-electron chi connectivity index (χ0n) is 22.2. The number of methoxy groups -OCH3 is 8. The van der Waals surface area contributed by atoms with E-state index in [4.69, 9.17) is 46.7 Å². The van der Waals surface area contributed by atoms with Crippen LogP contribution in [0.2, 0.25) is 0 Å². The fourth-order valence-electron chi connectivity index (χ4n) is 3.91. The standard InChI is InChI=1S/2C13H14O6/c2*1-15-9-7-5-6-8(14)19-10(7)12(17-3)13(18-4)11(9)16-2/h2*5-6H,1-4H3. The van der Waals surface area contributed by atoms with Crippen LogP contribution in [-0.2, 0) is 0 Å². The Balaban J connectivity index is 0.000000211. The van der Waals surface area contributed by atoms with Gasteiger partial charge in [0.05, 0.1) is 67.7 Å². The van der Waals surface area contributed by atoms with Gasteiger partial charge < -0.3 is 46.7 Å². The predicted molar refractivity (Wildman–Crippen MR) is 137 cm³/mol. The highest BCUT2D eigenvalue weighted by atomic mass is 16.6. The highest BCUT2D eigenvalue weighted by Gasteiger charge is 2.25. The van der Waals surface area contributed by atoms with E-state index >= 15 is 0 Å². The molecule has 0 radical (unpaired) electrons. The summed E-state index contributed by atoms with van der Waals surface area (Å²) in [5.74, 6) is 2.78. The average molecular weight is 532 g/mol. The molecule has 0 saturated carbocycles. The van der Waals surface area contributed by atoms with Crippen LogP contribution < -0.4 is 49.1 Å². The monoisotopic (exact) mass is 532 g/mol. The van der Waals surface area contributed by atoms with Gasteiger partial charge in [0.25, 0.3) is 0 Å². The summed E-state index contributed by atoms with van der Waals surface area (Å²) in [6.07, 6.45) is 0. The fourth-order valence-corrected chi connectivity index (χ4v) is 3.91. The maximum absolute atomic E-state index is 11.4. The van der Waals surface area contributed by atoms with Gasteiger partial charge in [0.15, 0.2) is 22.7 Å². The van der Waals surface area contributed by atoms with Gasteiger partial charge in [-0.2, -0.15) is 0 Å². The van der Waals surface area contributed by atoms with Gasteiger partial charge in [-0.3, -0.25) is 0 Å². The highest BCUT2D eigenvalue weighted by Crippen LogP contribution is 2.51. The predicted octanol–water partition coefficient (Wildman–Crippen LogP) is 3.65. The second-order valence-corrected chi connectivity index (χ2v) is 7.26. The molecule has 0 aliphatic carbocycles. The van der Waals surface area contributed by atoms with E-state index in [0.717, 1.165) is 0 Å². The molecule has 2 aromatic carbocycles. The summed E-state index contributed by atoms with van der Waals surface area (Å²) >= 11 is 0. The Morgan fingerprint density at radius 2 is 0.658 bits per heavy atom. The Bertz CT molecular complexity index is 1430. The molecule has 204 valence electrons. The first kappa shape index (κ1) is 27.8. The molecule has 12 heteroatoms. The van der Waals surface area contributed by atoms with Crippen molar-refractivity contribution in [2.75, 3.05) is 56.9 Å². The van der Waals surface area contributed by atoms with Crippen molar-refractivity contribution in [3.05, 3.63) is 45.1 Å². The Labute approximate surface area is 217 Å². The van der Waals surface area contributed by atoms with Crippen molar-refractivity contribution < 1.29 is 46.7 Å². The van der Waals surface area contributed by atoms with Crippen LogP contribution >= 0.6 is 0 Å². The second-order valence-electron chi connectivity index (χ2n) is 7.26. The van der Waals surface area contributed by atoms with Crippen molar-refractivity contribution in [2.24, 2.45) is 0 Å². The van der Waals surface area contributed by atoms with Crippen LogP contribution in [0.5, 0.6) is 46.0 Å². The van der Waals surface area contributed by atoms with Gasteiger partial charge >= 0.3 is 11.3 Å². The third-order valence-corrected chi connectivity index (χ3v) is 5.44. The normalized spacial score (nSPS) is 10.3. The number of fused-ring (bicyclic) bond motifs is 2. The topological polar surface area (TPSA) is 134 Å². The molecule has 0 unspecified atom stereocenters. The molecular formula is C26H28O12. The van der Waals surface area contributed by atoms with Gasteiger partial charge in [-0.05, 0) is 12.1 Å². The van der Waals surface area contributed by atoms with Crippen LogP contribution in [0.25, 0.3) is 21.9 Å². The van der Waals surface area contributed by atoms with E-state index in [0.29, 0.717) is 45.3 Å². The van der Waals surface area contributed by atoms with E-state index in [-0.39, 0.29) is 22.7 Å². The summed E-state index contributed by atoms with van der Waals surface area (Å²) in [6.45, 7) is 0.